The van der Waals surface area contributed by atoms with Crippen LogP contribution in [0.3, 0.4) is 0 Å². The lowest BCUT2D eigenvalue weighted by Gasteiger charge is -2.33. The van der Waals surface area contributed by atoms with Crippen LogP contribution in [0.15, 0.2) is 114 Å². The molecule has 7 nitrogen and oxygen atoms in total. The molecule has 0 aromatic heterocycles. The second kappa shape index (κ2) is 13.6. The summed E-state index contributed by atoms with van der Waals surface area (Å²) < 4.78 is 0. The summed E-state index contributed by atoms with van der Waals surface area (Å²) in [7, 11) is 0. The van der Waals surface area contributed by atoms with Gasteiger partial charge in [-0.3, -0.25) is 14.6 Å². The number of carbonyl (C=O) groups excluding carboxylic acids is 2. The zero-order valence-corrected chi connectivity index (χ0v) is 23.3. The summed E-state index contributed by atoms with van der Waals surface area (Å²) in [5.41, 5.74) is 10.3. The highest BCUT2D eigenvalue weighted by molar-refractivity contribution is 5.99. The van der Waals surface area contributed by atoms with Crippen molar-refractivity contribution in [3.05, 3.63) is 137 Å². The number of hydrogen-bond donors (Lipinski definition) is 3. The lowest BCUT2D eigenvalue weighted by molar-refractivity contribution is -0.140. The summed E-state index contributed by atoms with van der Waals surface area (Å²) in [5, 5.41) is 13.1. The molecule has 1 aliphatic rings. The first-order valence-electron chi connectivity index (χ1n) is 13.3. The van der Waals surface area contributed by atoms with Gasteiger partial charge in [-0.25, -0.2) is 0 Å². The van der Waals surface area contributed by atoms with E-state index in [0.717, 1.165) is 46.7 Å². The van der Waals surface area contributed by atoms with E-state index in [1.165, 1.54) is 0 Å². The normalized spacial score (nSPS) is 13.0. The molecule has 0 saturated carbocycles. The number of phenolic OH excluding ortho intramolecular Hbond substituents is 1. The number of amidine groups is 1. The molecule has 4 aromatic rings. The zero-order chi connectivity index (χ0) is 27.9. The van der Waals surface area contributed by atoms with Crippen LogP contribution in [0.2, 0.25) is 0 Å². The van der Waals surface area contributed by atoms with Crippen molar-refractivity contribution < 1.29 is 14.7 Å². The minimum atomic E-state index is -0.899. The maximum absolute atomic E-state index is 14.5. The largest absolute Gasteiger partial charge is 0.508 e. The fourth-order valence-corrected chi connectivity index (χ4v) is 5.05. The predicted molar refractivity (Wildman–Crippen MR) is 163 cm³/mol. The van der Waals surface area contributed by atoms with Gasteiger partial charge in [-0.2, -0.15) is 0 Å². The second-order valence-electron chi connectivity index (χ2n) is 9.86. The van der Waals surface area contributed by atoms with E-state index in [1.807, 2.05) is 84.9 Å². The smallest absolute Gasteiger partial charge is 0.240 e. The number of halogens is 1. The lowest BCUT2D eigenvalue weighted by atomic mass is 9.89. The van der Waals surface area contributed by atoms with Crippen LogP contribution in [0.25, 0.3) is 0 Å². The number of rotatable bonds is 10. The van der Waals surface area contributed by atoms with Crippen molar-refractivity contribution in [1.82, 2.24) is 10.2 Å². The lowest BCUT2D eigenvalue weighted by Crippen LogP contribution is -2.50. The van der Waals surface area contributed by atoms with Crippen LogP contribution >= 0.6 is 12.4 Å². The number of nitrogens with two attached hydrogens (primary N) is 1. The number of carbonyl (C=O) groups is 2. The first-order chi connectivity index (χ1) is 19.5. The Morgan fingerprint density at radius 3 is 1.90 bits per heavy atom. The van der Waals surface area contributed by atoms with Gasteiger partial charge >= 0.3 is 0 Å². The Morgan fingerprint density at radius 1 is 0.829 bits per heavy atom. The number of nitrogens with one attached hydrogen (secondary N) is 1. The molecular weight excluding hydrogens is 536 g/mol. The molecule has 0 radical (unpaired) electrons. The standard InChI is InChI=1S/C33H32N4O3.ClH/c34-31(39)29(21-23-11-15-27(16-12-23)32-35-19-20-36-32)37(22-24-13-17-28(38)18-14-24)33(40)30(25-7-3-1-4-8-25)26-9-5-2-6-10-26;/h1-18,29-30,38H,19-22H2,(H2,34,39)(H,35,36);1H/t29-;/m1./s1. The molecular formula is C33H33ClN4O3. The van der Waals surface area contributed by atoms with Gasteiger partial charge in [0.2, 0.25) is 11.8 Å². The summed E-state index contributed by atoms with van der Waals surface area (Å²) in [6.07, 6.45) is 0.260. The molecule has 210 valence electrons. The minimum Gasteiger partial charge on any atom is -0.508 e. The van der Waals surface area contributed by atoms with E-state index in [2.05, 4.69) is 10.3 Å². The Bertz CT molecular complexity index is 1440. The predicted octanol–water partition coefficient (Wildman–Crippen LogP) is 4.42. The molecule has 4 aromatic carbocycles. The SMILES string of the molecule is Cl.NC(=O)[C@@H](Cc1ccc(C2=NCCN2)cc1)N(Cc1ccc(O)cc1)C(=O)C(c1ccccc1)c1ccccc1. The van der Waals surface area contributed by atoms with E-state index in [9.17, 15) is 14.7 Å². The number of hydrogen-bond acceptors (Lipinski definition) is 5. The average molecular weight is 569 g/mol. The van der Waals surface area contributed by atoms with Gasteiger partial charge in [-0.15, -0.1) is 12.4 Å². The summed E-state index contributed by atoms with van der Waals surface area (Å²) in [6.45, 7) is 1.72. The Morgan fingerprint density at radius 2 is 1.39 bits per heavy atom. The van der Waals surface area contributed by atoms with Gasteiger partial charge in [0.15, 0.2) is 0 Å². The molecule has 41 heavy (non-hydrogen) atoms. The Labute approximate surface area is 246 Å². The van der Waals surface area contributed by atoms with Crippen molar-refractivity contribution in [3.8, 4) is 5.75 Å². The summed E-state index contributed by atoms with van der Waals surface area (Å²) in [5.74, 6) is -0.458. The molecule has 5 rings (SSSR count). The maximum Gasteiger partial charge on any atom is 0.240 e. The Hall–Kier alpha value is -4.62. The first-order valence-corrected chi connectivity index (χ1v) is 13.3. The van der Waals surface area contributed by atoms with Crippen molar-refractivity contribution in [2.75, 3.05) is 13.1 Å². The van der Waals surface area contributed by atoms with E-state index < -0.39 is 17.9 Å². The van der Waals surface area contributed by atoms with Crippen LogP contribution in [0.1, 0.15) is 33.7 Å². The molecule has 0 saturated heterocycles. The van der Waals surface area contributed by atoms with Crippen LogP contribution in [-0.2, 0) is 22.6 Å². The van der Waals surface area contributed by atoms with Crippen LogP contribution in [0, 0.1) is 0 Å². The highest BCUT2D eigenvalue weighted by atomic mass is 35.5. The molecule has 4 N–H and O–H groups in total. The molecule has 1 atom stereocenters. The van der Waals surface area contributed by atoms with Crippen molar-refractivity contribution in [1.29, 1.82) is 0 Å². The van der Waals surface area contributed by atoms with Gasteiger partial charge in [-0.05, 0) is 34.4 Å². The van der Waals surface area contributed by atoms with Gasteiger partial charge < -0.3 is 21.1 Å². The highest BCUT2D eigenvalue weighted by Crippen LogP contribution is 2.29. The van der Waals surface area contributed by atoms with Crippen LogP contribution < -0.4 is 11.1 Å². The van der Waals surface area contributed by atoms with Crippen molar-refractivity contribution in [2.24, 2.45) is 10.7 Å². The monoisotopic (exact) mass is 568 g/mol. The molecule has 8 heteroatoms. The molecule has 0 bridgehead atoms. The van der Waals surface area contributed by atoms with Gasteiger partial charge in [0.1, 0.15) is 17.6 Å². The fourth-order valence-electron chi connectivity index (χ4n) is 5.05. The maximum atomic E-state index is 14.5. The topological polar surface area (TPSA) is 108 Å². The zero-order valence-electron chi connectivity index (χ0n) is 22.5. The van der Waals surface area contributed by atoms with Gasteiger partial charge in [0.05, 0.1) is 12.5 Å². The number of aromatic hydroxyl groups is 1. The molecule has 1 heterocycles. The highest BCUT2D eigenvalue weighted by Gasteiger charge is 2.34. The van der Waals surface area contributed by atoms with Crippen LogP contribution in [0.5, 0.6) is 5.75 Å². The third-order valence-corrected chi connectivity index (χ3v) is 7.12. The molecule has 0 spiro atoms. The molecule has 0 aliphatic carbocycles. The van der Waals surface area contributed by atoms with Crippen LogP contribution in [0.4, 0.5) is 0 Å². The van der Waals surface area contributed by atoms with Gasteiger partial charge in [0, 0.05) is 25.1 Å². The quantitative estimate of drug-likeness (QED) is 0.263. The number of nitrogens with zero attached hydrogens (tertiary/aromatic N) is 2. The van der Waals surface area contributed by atoms with E-state index in [-0.39, 0.29) is 37.0 Å². The third kappa shape index (κ3) is 7.13. The number of amides is 2. The first kappa shape index (κ1) is 29.4. The third-order valence-electron chi connectivity index (χ3n) is 7.12. The van der Waals surface area contributed by atoms with Crippen molar-refractivity contribution in [2.45, 2.75) is 24.9 Å². The summed E-state index contributed by atoms with van der Waals surface area (Å²) in [4.78, 5) is 33.6. The number of aliphatic imine (C=N–C) groups is 1. The number of primary amides is 1. The fraction of sp³-hybridized carbons (Fsp3) is 0.182. The van der Waals surface area contributed by atoms with E-state index >= 15 is 0 Å². The van der Waals surface area contributed by atoms with Crippen molar-refractivity contribution in [3.63, 3.8) is 0 Å². The van der Waals surface area contributed by atoms with E-state index in [1.54, 1.807) is 29.2 Å². The van der Waals surface area contributed by atoms with Crippen molar-refractivity contribution >= 4 is 30.1 Å². The van der Waals surface area contributed by atoms with Gasteiger partial charge in [-0.1, -0.05) is 97.1 Å². The van der Waals surface area contributed by atoms with E-state index in [0.29, 0.717) is 0 Å². The molecule has 0 fully saturated rings. The Kier molecular flexibility index (Phi) is 9.77. The minimum absolute atomic E-state index is 0. The summed E-state index contributed by atoms with van der Waals surface area (Å²) >= 11 is 0. The Balaban J connectivity index is 0.00000387. The van der Waals surface area contributed by atoms with E-state index in [4.69, 9.17) is 5.73 Å². The second-order valence-corrected chi connectivity index (χ2v) is 9.86. The number of benzene rings is 4. The average Bonchev–Trinajstić information content (AvgIpc) is 3.53. The molecule has 0 unspecified atom stereocenters. The summed E-state index contributed by atoms with van der Waals surface area (Å²) in [6, 6.07) is 32.7. The molecule has 1 aliphatic heterocycles. The number of phenols is 1. The molecule has 2 amide bonds. The van der Waals surface area contributed by atoms with Crippen LogP contribution in [-0.4, -0.2) is 46.8 Å². The van der Waals surface area contributed by atoms with Gasteiger partial charge in [0.25, 0.3) is 0 Å².